The Kier molecular flexibility index (Phi) is 4.82. The van der Waals surface area contributed by atoms with Crippen LogP contribution in [0.15, 0.2) is 58.2 Å². The number of rotatable bonds is 4. The standard InChI is InChI=1S/C19H15FN4O3S/c1-11(18(26)24-10-16(25)21-14-4-2-3-5-15(14)24)28-19-23-22-17(27-19)12-6-8-13(20)9-7-12/h2-9,11H,10H2,1H3,(H,21,25)/t11-/m0/s1. The number of benzene rings is 2. The molecule has 2 aromatic carbocycles. The Hall–Kier alpha value is -3.20. The summed E-state index contributed by atoms with van der Waals surface area (Å²) in [4.78, 5) is 26.3. The predicted octanol–water partition coefficient (Wildman–Crippen LogP) is 3.34. The normalized spacial score (nSPS) is 14.4. The molecular weight excluding hydrogens is 383 g/mol. The summed E-state index contributed by atoms with van der Waals surface area (Å²) in [5.74, 6) is -0.609. The number of amides is 2. The Labute approximate surface area is 163 Å². The summed E-state index contributed by atoms with van der Waals surface area (Å²) in [5, 5.41) is 10.3. The highest BCUT2D eigenvalue weighted by atomic mass is 32.2. The van der Waals surface area contributed by atoms with Crippen molar-refractivity contribution >= 4 is 35.0 Å². The van der Waals surface area contributed by atoms with E-state index in [-0.39, 0.29) is 35.3 Å². The number of halogens is 1. The van der Waals surface area contributed by atoms with Crippen molar-refractivity contribution in [2.45, 2.75) is 17.4 Å². The highest BCUT2D eigenvalue weighted by molar-refractivity contribution is 8.00. The minimum absolute atomic E-state index is 0.0502. The van der Waals surface area contributed by atoms with Gasteiger partial charge < -0.3 is 9.73 Å². The van der Waals surface area contributed by atoms with E-state index >= 15 is 0 Å². The number of hydrogen-bond acceptors (Lipinski definition) is 6. The second-order valence-electron chi connectivity index (χ2n) is 6.13. The molecule has 0 saturated carbocycles. The number of anilines is 2. The smallest absolute Gasteiger partial charge is 0.277 e. The Balaban J connectivity index is 1.50. The average molecular weight is 398 g/mol. The molecule has 0 spiro atoms. The lowest BCUT2D eigenvalue weighted by molar-refractivity contribution is -0.121. The first-order valence-corrected chi connectivity index (χ1v) is 9.35. The fourth-order valence-corrected chi connectivity index (χ4v) is 3.56. The number of nitrogens with zero attached hydrogens (tertiary/aromatic N) is 3. The molecular formula is C19H15FN4O3S. The van der Waals surface area contributed by atoms with Gasteiger partial charge in [-0.25, -0.2) is 4.39 Å². The van der Waals surface area contributed by atoms with E-state index in [1.165, 1.54) is 29.2 Å². The van der Waals surface area contributed by atoms with Crippen molar-refractivity contribution < 1.29 is 18.4 Å². The van der Waals surface area contributed by atoms with E-state index in [0.29, 0.717) is 16.9 Å². The third-order valence-corrected chi connectivity index (χ3v) is 5.08. The first-order chi connectivity index (χ1) is 13.5. The number of fused-ring (bicyclic) bond motifs is 1. The molecule has 1 aliphatic heterocycles. The molecule has 0 unspecified atom stereocenters. The predicted molar refractivity (Wildman–Crippen MR) is 102 cm³/mol. The second kappa shape index (κ2) is 7.43. The number of thioether (sulfide) groups is 1. The van der Waals surface area contributed by atoms with Crippen LogP contribution in [-0.2, 0) is 9.59 Å². The SMILES string of the molecule is C[C@H](Sc1nnc(-c2ccc(F)cc2)o1)C(=O)N1CC(=O)Nc2ccccc21. The quantitative estimate of drug-likeness (QED) is 0.678. The van der Waals surface area contributed by atoms with Gasteiger partial charge in [0.1, 0.15) is 12.4 Å². The number of aromatic nitrogens is 2. The summed E-state index contributed by atoms with van der Waals surface area (Å²) >= 11 is 1.10. The van der Waals surface area contributed by atoms with E-state index in [1.807, 2.05) is 0 Å². The molecule has 28 heavy (non-hydrogen) atoms. The second-order valence-corrected chi connectivity index (χ2v) is 7.42. The summed E-state index contributed by atoms with van der Waals surface area (Å²) in [6.07, 6.45) is 0. The van der Waals surface area contributed by atoms with Crippen LogP contribution in [0.5, 0.6) is 0 Å². The summed E-state index contributed by atoms with van der Waals surface area (Å²) in [7, 11) is 0. The van der Waals surface area contributed by atoms with E-state index in [0.717, 1.165) is 11.8 Å². The van der Waals surface area contributed by atoms with Gasteiger partial charge in [-0.05, 0) is 43.3 Å². The third kappa shape index (κ3) is 3.61. The van der Waals surface area contributed by atoms with Crippen LogP contribution in [0.2, 0.25) is 0 Å². The first-order valence-electron chi connectivity index (χ1n) is 8.47. The minimum atomic E-state index is -0.555. The van der Waals surface area contributed by atoms with Crippen LogP contribution in [0.1, 0.15) is 6.92 Å². The molecule has 2 amide bonds. The van der Waals surface area contributed by atoms with Crippen molar-refractivity contribution in [3.8, 4) is 11.5 Å². The zero-order chi connectivity index (χ0) is 19.7. The first kappa shape index (κ1) is 18.2. The van der Waals surface area contributed by atoms with Gasteiger partial charge in [0.05, 0.1) is 16.6 Å². The molecule has 7 nitrogen and oxygen atoms in total. The zero-order valence-corrected chi connectivity index (χ0v) is 15.6. The van der Waals surface area contributed by atoms with E-state index in [2.05, 4.69) is 15.5 Å². The minimum Gasteiger partial charge on any atom is -0.411 e. The van der Waals surface area contributed by atoms with Crippen LogP contribution < -0.4 is 10.2 Å². The Bertz CT molecular complexity index is 1040. The molecule has 1 aliphatic rings. The fourth-order valence-electron chi connectivity index (χ4n) is 2.82. The number of nitrogens with one attached hydrogen (secondary N) is 1. The van der Waals surface area contributed by atoms with Crippen molar-refractivity contribution in [2.24, 2.45) is 0 Å². The summed E-state index contributed by atoms with van der Waals surface area (Å²) in [6.45, 7) is 1.66. The van der Waals surface area contributed by atoms with E-state index < -0.39 is 5.25 Å². The number of para-hydroxylation sites is 2. The lowest BCUT2D eigenvalue weighted by Crippen LogP contribution is -2.45. The molecule has 0 bridgehead atoms. The summed E-state index contributed by atoms with van der Waals surface area (Å²) < 4.78 is 18.6. The largest absolute Gasteiger partial charge is 0.411 e. The number of hydrogen-bond donors (Lipinski definition) is 1. The summed E-state index contributed by atoms with van der Waals surface area (Å²) in [5.41, 5.74) is 1.83. The van der Waals surface area contributed by atoms with Crippen molar-refractivity contribution in [1.29, 1.82) is 0 Å². The van der Waals surface area contributed by atoms with Crippen molar-refractivity contribution in [3.63, 3.8) is 0 Å². The maximum absolute atomic E-state index is 13.0. The number of carbonyl (C=O) groups is 2. The van der Waals surface area contributed by atoms with Gasteiger partial charge in [0.2, 0.25) is 17.7 Å². The van der Waals surface area contributed by atoms with Crippen LogP contribution in [-0.4, -0.2) is 33.8 Å². The monoisotopic (exact) mass is 398 g/mol. The molecule has 1 N–H and O–H groups in total. The maximum atomic E-state index is 13.0. The molecule has 1 aromatic heterocycles. The Morgan fingerprint density at radius 1 is 1.21 bits per heavy atom. The molecule has 3 aromatic rings. The van der Waals surface area contributed by atoms with Crippen LogP contribution in [0.4, 0.5) is 15.8 Å². The van der Waals surface area contributed by atoms with Gasteiger partial charge in [0.15, 0.2) is 0 Å². The lowest BCUT2D eigenvalue weighted by atomic mass is 10.2. The van der Waals surface area contributed by atoms with Gasteiger partial charge in [0.25, 0.3) is 5.22 Å². The van der Waals surface area contributed by atoms with Crippen molar-refractivity contribution in [1.82, 2.24) is 10.2 Å². The molecule has 9 heteroatoms. The topological polar surface area (TPSA) is 88.3 Å². The lowest BCUT2D eigenvalue weighted by Gasteiger charge is -2.30. The third-order valence-electron chi connectivity index (χ3n) is 4.16. The van der Waals surface area contributed by atoms with Gasteiger partial charge >= 0.3 is 0 Å². The highest BCUT2D eigenvalue weighted by Gasteiger charge is 2.31. The van der Waals surface area contributed by atoms with E-state index in [9.17, 15) is 14.0 Å². The van der Waals surface area contributed by atoms with E-state index in [4.69, 9.17) is 4.42 Å². The van der Waals surface area contributed by atoms with Crippen LogP contribution in [0, 0.1) is 5.82 Å². The average Bonchev–Trinajstić information content (AvgIpc) is 3.15. The van der Waals surface area contributed by atoms with Crippen LogP contribution in [0.25, 0.3) is 11.5 Å². The van der Waals surface area contributed by atoms with Gasteiger partial charge in [-0.2, -0.15) is 0 Å². The Morgan fingerprint density at radius 3 is 2.75 bits per heavy atom. The molecule has 4 rings (SSSR count). The summed E-state index contributed by atoms with van der Waals surface area (Å²) in [6, 6.07) is 12.8. The van der Waals surface area contributed by atoms with Gasteiger partial charge in [-0.15, -0.1) is 10.2 Å². The van der Waals surface area contributed by atoms with Gasteiger partial charge in [-0.1, -0.05) is 23.9 Å². The van der Waals surface area contributed by atoms with Crippen molar-refractivity contribution in [2.75, 3.05) is 16.8 Å². The number of carbonyl (C=O) groups excluding carboxylic acids is 2. The van der Waals surface area contributed by atoms with Crippen LogP contribution >= 0.6 is 11.8 Å². The van der Waals surface area contributed by atoms with E-state index in [1.54, 1.807) is 31.2 Å². The van der Waals surface area contributed by atoms with Crippen LogP contribution in [0.3, 0.4) is 0 Å². The molecule has 0 fully saturated rings. The molecule has 0 aliphatic carbocycles. The van der Waals surface area contributed by atoms with Crippen molar-refractivity contribution in [3.05, 3.63) is 54.3 Å². The maximum Gasteiger partial charge on any atom is 0.277 e. The fraction of sp³-hybridized carbons (Fsp3) is 0.158. The molecule has 0 saturated heterocycles. The Morgan fingerprint density at radius 2 is 1.96 bits per heavy atom. The van der Waals surface area contributed by atoms with Gasteiger partial charge in [0, 0.05) is 5.56 Å². The molecule has 0 radical (unpaired) electrons. The zero-order valence-electron chi connectivity index (χ0n) is 14.8. The highest BCUT2D eigenvalue weighted by Crippen LogP contribution is 2.32. The molecule has 1 atom stereocenters. The molecule has 142 valence electrons. The molecule has 2 heterocycles. The van der Waals surface area contributed by atoms with Gasteiger partial charge in [-0.3, -0.25) is 14.5 Å².